The highest BCUT2D eigenvalue weighted by Crippen LogP contribution is 2.24. The van der Waals surface area contributed by atoms with Crippen LogP contribution in [0.4, 0.5) is 0 Å². The average molecular weight is 363 g/mol. The lowest BCUT2D eigenvalue weighted by Crippen LogP contribution is -2.43. The molecule has 0 aliphatic carbocycles. The van der Waals surface area contributed by atoms with Crippen LogP contribution >= 0.6 is 0 Å². The molecule has 0 bridgehead atoms. The van der Waals surface area contributed by atoms with Gasteiger partial charge in [0.05, 0.1) is 25.4 Å². The first-order valence-corrected chi connectivity index (χ1v) is 11.5. The minimum absolute atomic E-state index is 0.293. The summed E-state index contributed by atoms with van der Waals surface area (Å²) < 4.78 is 25.8. The van der Waals surface area contributed by atoms with Gasteiger partial charge >= 0.3 is 8.80 Å². The van der Waals surface area contributed by atoms with Gasteiger partial charge in [-0.3, -0.25) is 0 Å². The standard InChI is InChI=1S/C12H24O.C6H14O4Si/c1-2-3-4-5-6-7-8-9-10-12-11-13-12;1-7-11(8-2,9-3)5-6-4-10-6/h12H,2-11H2,1H3;6H,4-5H2,1-3H3. The minimum atomic E-state index is -2.34. The number of ether oxygens (including phenoxy) is 2. The van der Waals surface area contributed by atoms with E-state index in [-0.39, 0.29) is 0 Å². The summed E-state index contributed by atoms with van der Waals surface area (Å²) in [5, 5.41) is 0. The van der Waals surface area contributed by atoms with E-state index in [0.717, 1.165) is 19.3 Å². The lowest BCUT2D eigenvalue weighted by molar-refractivity contribution is 0.121. The molecular weight excluding hydrogens is 324 g/mol. The van der Waals surface area contributed by atoms with E-state index in [1.165, 1.54) is 57.8 Å². The van der Waals surface area contributed by atoms with Gasteiger partial charge in [-0.05, 0) is 6.42 Å². The van der Waals surface area contributed by atoms with E-state index in [1.54, 1.807) is 21.3 Å². The topological polar surface area (TPSA) is 52.8 Å². The first kappa shape index (κ1) is 22.1. The van der Waals surface area contributed by atoms with Crippen LogP contribution < -0.4 is 0 Å². The predicted octanol–water partition coefficient (Wildman–Crippen LogP) is 4.18. The molecule has 2 saturated heterocycles. The second-order valence-corrected chi connectivity index (χ2v) is 9.67. The molecule has 2 aliphatic rings. The maximum absolute atomic E-state index is 5.20. The molecule has 0 aromatic rings. The highest BCUT2D eigenvalue weighted by Gasteiger charge is 2.44. The Morgan fingerprint density at radius 1 is 0.750 bits per heavy atom. The highest BCUT2D eigenvalue weighted by atomic mass is 28.4. The van der Waals surface area contributed by atoms with Crippen LogP contribution in [0.3, 0.4) is 0 Å². The smallest absolute Gasteiger partial charge is 0.377 e. The third-order valence-corrected chi connectivity index (χ3v) is 7.42. The molecule has 2 rings (SSSR count). The van der Waals surface area contributed by atoms with Crippen LogP contribution in [0.5, 0.6) is 0 Å². The lowest BCUT2D eigenvalue weighted by atomic mass is 10.1. The van der Waals surface area contributed by atoms with Crippen LogP contribution in [-0.4, -0.2) is 55.6 Å². The van der Waals surface area contributed by atoms with Crippen molar-refractivity contribution in [2.45, 2.75) is 83.0 Å². The molecule has 2 aliphatic heterocycles. The summed E-state index contributed by atoms with van der Waals surface area (Å²) in [7, 11) is 2.50. The molecule has 5 nitrogen and oxygen atoms in total. The van der Waals surface area contributed by atoms with Crippen LogP contribution in [-0.2, 0) is 22.8 Å². The summed E-state index contributed by atoms with van der Waals surface area (Å²) in [6.07, 6.45) is 13.6. The Morgan fingerprint density at radius 2 is 1.21 bits per heavy atom. The summed E-state index contributed by atoms with van der Waals surface area (Å²) in [6, 6.07) is 0.760. The molecule has 0 saturated carbocycles. The molecule has 0 N–H and O–H groups in total. The molecule has 2 atom stereocenters. The fourth-order valence-corrected chi connectivity index (χ4v) is 4.50. The SMILES string of the molecule is CCCCCCCCCCC1CO1.CO[Si](CC1CO1)(OC)OC. The third kappa shape index (κ3) is 10.8. The summed E-state index contributed by atoms with van der Waals surface area (Å²) in [5.74, 6) is 0. The van der Waals surface area contributed by atoms with Crippen LogP contribution in [0, 0.1) is 0 Å². The second-order valence-electron chi connectivity index (χ2n) is 6.67. The Balaban J connectivity index is 0.000000243. The Labute approximate surface area is 149 Å². The van der Waals surface area contributed by atoms with Crippen LogP contribution in [0.15, 0.2) is 0 Å². The van der Waals surface area contributed by atoms with Crippen molar-refractivity contribution >= 4 is 8.80 Å². The first-order valence-electron chi connectivity index (χ1n) is 9.58. The van der Waals surface area contributed by atoms with E-state index in [9.17, 15) is 0 Å². The number of hydrogen-bond donors (Lipinski definition) is 0. The summed E-state index contributed by atoms with van der Waals surface area (Å²) >= 11 is 0. The zero-order valence-electron chi connectivity index (χ0n) is 16.2. The molecule has 0 amide bonds. The van der Waals surface area contributed by atoms with Crippen LogP contribution in [0.25, 0.3) is 0 Å². The fraction of sp³-hybridized carbons (Fsp3) is 1.00. The molecule has 0 aromatic carbocycles. The highest BCUT2D eigenvalue weighted by molar-refractivity contribution is 6.60. The Morgan fingerprint density at radius 3 is 1.62 bits per heavy atom. The Bertz CT molecular complexity index is 283. The largest absolute Gasteiger partial charge is 0.502 e. The maximum atomic E-state index is 5.20. The normalized spacial score (nSPS) is 22.0. The zero-order chi connectivity index (χ0) is 17.7. The van der Waals surface area contributed by atoms with Gasteiger partial charge in [-0.1, -0.05) is 58.3 Å². The Kier molecular flexibility index (Phi) is 12.2. The van der Waals surface area contributed by atoms with Crippen molar-refractivity contribution in [3.63, 3.8) is 0 Å². The van der Waals surface area contributed by atoms with Gasteiger partial charge < -0.3 is 22.8 Å². The monoisotopic (exact) mass is 362 g/mol. The van der Waals surface area contributed by atoms with Gasteiger partial charge in [-0.15, -0.1) is 0 Å². The van der Waals surface area contributed by atoms with Gasteiger partial charge in [0, 0.05) is 27.4 Å². The first-order chi connectivity index (χ1) is 11.7. The number of epoxide rings is 2. The predicted molar refractivity (Wildman–Crippen MR) is 98.3 cm³/mol. The van der Waals surface area contributed by atoms with Gasteiger partial charge in [0.25, 0.3) is 0 Å². The van der Waals surface area contributed by atoms with Crippen molar-refractivity contribution in [3.8, 4) is 0 Å². The minimum Gasteiger partial charge on any atom is -0.377 e. The molecule has 2 unspecified atom stereocenters. The fourth-order valence-electron chi connectivity index (χ4n) is 2.71. The lowest BCUT2D eigenvalue weighted by Gasteiger charge is -2.23. The van der Waals surface area contributed by atoms with Gasteiger partial charge in [0.15, 0.2) is 0 Å². The van der Waals surface area contributed by atoms with Crippen molar-refractivity contribution in [1.82, 2.24) is 0 Å². The third-order valence-electron chi connectivity index (χ3n) is 4.60. The van der Waals surface area contributed by atoms with E-state index in [0.29, 0.717) is 12.2 Å². The molecule has 0 radical (unpaired) electrons. The molecule has 144 valence electrons. The molecular formula is C18H38O5Si. The van der Waals surface area contributed by atoms with Gasteiger partial charge in [-0.25, -0.2) is 0 Å². The average Bonchev–Trinajstić information content (AvgIpc) is 3.52. The zero-order valence-corrected chi connectivity index (χ0v) is 17.2. The molecule has 0 spiro atoms. The van der Waals surface area contributed by atoms with Crippen LogP contribution in [0.1, 0.15) is 64.7 Å². The van der Waals surface area contributed by atoms with E-state index in [2.05, 4.69) is 6.92 Å². The van der Waals surface area contributed by atoms with Crippen LogP contribution in [0.2, 0.25) is 6.04 Å². The van der Waals surface area contributed by atoms with Crippen molar-refractivity contribution in [2.24, 2.45) is 0 Å². The van der Waals surface area contributed by atoms with Crippen molar-refractivity contribution in [3.05, 3.63) is 0 Å². The molecule has 0 aromatic heterocycles. The van der Waals surface area contributed by atoms with E-state index in [1.807, 2.05) is 0 Å². The van der Waals surface area contributed by atoms with Crippen molar-refractivity contribution < 1.29 is 22.8 Å². The summed E-state index contributed by atoms with van der Waals surface area (Å²) in [4.78, 5) is 0. The number of rotatable bonds is 14. The van der Waals surface area contributed by atoms with E-state index >= 15 is 0 Å². The van der Waals surface area contributed by atoms with Gasteiger partial charge in [0.2, 0.25) is 0 Å². The molecule has 2 heterocycles. The second kappa shape index (κ2) is 13.3. The molecule has 2 fully saturated rings. The van der Waals surface area contributed by atoms with Gasteiger partial charge in [0.1, 0.15) is 0 Å². The van der Waals surface area contributed by atoms with E-state index in [4.69, 9.17) is 22.8 Å². The molecule has 6 heteroatoms. The maximum Gasteiger partial charge on any atom is 0.502 e. The Hall–Kier alpha value is 0.0169. The van der Waals surface area contributed by atoms with Crippen molar-refractivity contribution in [1.29, 1.82) is 0 Å². The quantitative estimate of drug-likeness (QED) is 0.264. The number of unbranched alkanes of at least 4 members (excludes halogenated alkanes) is 7. The molecule has 24 heavy (non-hydrogen) atoms. The number of hydrogen-bond acceptors (Lipinski definition) is 5. The van der Waals surface area contributed by atoms with Gasteiger partial charge in [-0.2, -0.15) is 0 Å². The van der Waals surface area contributed by atoms with Crippen molar-refractivity contribution in [2.75, 3.05) is 34.5 Å². The summed E-state index contributed by atoms with van der Waals surface area (Å²) in [6.45, 7) is 4.12. The van der Waals surface area contributed by atoms with E-state index < -0.39 is 8.80 Å². The summed E-state index contributed by atoms with van der Waals surface area (Å²) in [5.41, 5.74) is 0.